The van der Waals surface area contributed by atoms with Gasteiger partial charge < -0.3 is 19.3 Å². The number of rotatable bonds is 4. The third-order valence-corrected chi connectivity index (χ3v) is 5.07. The molecule has 0 amide bonds. The minimum Gasteiger partial charge on any atom is -0.388 e. The van der Waals surface area contributed by atoms with Gasteiger partial charge in [-0.15, -0.1) is 0 Å². The van der Waals surface area contributed by atoms with Gasteiger partial charge in [-0.2, -0.15) is 9.97 Å². The van der Waals surface area contributed by atoms with Gasteiger partial charge in [-0.05, 0) is 24.9 Å². The largest absolute Gasteiger partial charge is 0.388 e. The number of aliphatic hydroxyl groups is 1. The normalized spacial score (nSPS) is 18.4. The Labute approximate surface area is 153 Å². The second-order valence-electron chi connectivity index (χ2n) is 5.91. The van der Waals surface area contributed by atoms with Crippen LogP contribution in [0.5, 0.6) is 0 Å². The molecule has 126 valence electrons. The molecule has 3 rings (SSSR count). The fourth-order valence-corrected chi connectivity index (χ4v) is 3.32. The van der Waals surface area contributed by atoms with Gasteiger partial charge in [0.15, 0.2) is 20.8 Å². The summed E-state index contributed by atoms with van der Waals surface area (Å²) in [6, 6.07) is 0. The summed E-state index contributed by atoms with van der Waals surface area (Å²) in [5.74, 6) is 0.733. The quantitative estimate of drug-likeness (QED) is 0.436. The Balaban J connectivity index is 2.10. The molecule has 1 aliphatic heterocycles. The lowest BCUT2D eigenvalue weighted by Gasteiger charge is -2.27. The average Bonchev–Trinajstić information content (AvgIpc) is 2.83. The summed E-state index contributed by atoms with van der Waals surface area (Å²) >= 11 is 8.30. The van der Waals surface area contributed by atoms with Gasteiger partial charge in [0.05, 0.1) is 25.4 Å². The van der Waals surface area contributed by atoms with E-state index in [2.05, 4.69) is 42.4 Å². The topological polar surface area (TPSA) is 76.3 Å². The summed E-state index contributed by atoms with van der Waals surface area (Å²) in [7, 11) is 0. The summed E-state index contributed by atoms with van der Waals surface area (Å²) < 4.78 is 8.06. The second-order valence-corrected chi connectivity index (χ2v) is 7.21. The number of imidazole rings is 1. The van der Waals surface area contributed by atoms with Crippen LogP contribution in [0.4, 0.5) is 5.82 Å². The molecule has 1 aliphatic rings. The fraction of sp³-hybridized carbons (Fsp3) is 0.643. The molecule has 0 aliphatic carbocycles. The van der Waals surface area contributed by atoms with Gasteiger partial charge in [-0.3, -0.25) is 0 Å². The minimum atomic E-state index is -0.829. The van der Waals surface area contributed by atoms with Crippen molar-refractivity contribution in [1.29, 1.82) is 0 Å². The molecule has 2 aromatic rings. The first-order valence-electron chi connectivity index (χ1n) is 7.55. The number of nitrogens with zero attached hydrogens (tertiary/aromatic N) is 5. The third-order valence-electron chi connectivity index (χ3n) is 4.07. The van der Waals surface area contributed by atoms with Crippen molar-refractivity contribution in [3.8, 4) is 0 Å². The van der Waals surface area contributed by atoms with E-state index < -0.39 is 5.60 Å². The van der Waals surface area contributed by atoms with Crippen molar-refractivity contribution in [1.82, 2.24) is 19.5 Å². The highest BCUT2D eigenvalue weighted by atomic mass is 127. The van der Waals surface area contributed by atoms with Crippen molar-refractivity contribution >= 4 is 51.2 Å². The molecule has 1 unspecified atom stereocenters. The third kappa shape index (κ3) is 3.54. The predicted molar refractivity (Wildman–Crippen MR) is 97.0 cm³/mol. The van der Waals surface area contributed by atoms with Crippen LogP contribution in [0, 0.1) is 3.83 Å². The van der Waals surface area contributed by atoms with Crippen molar-refractivity contribution < 1.29 is 9.84 Å². The van der Waals surface area contributed by atoms with Gasteiger partial charge >= 0.3 is 0 Å². The van der Waals surface area contributed by atoms with Gasteiger partial charge in [0, 0.05) is 35.7 Å². The molecule has 0 saturated carbocycles. The number of hydrogen-bond donors (Lipinski definition) is 1. The van der Waals surface area contributed by atoms with Gasteiger partial charge in [-0.1, -0.05) is 6.92 Å². The molecular formula is C14H19ClIN5O2. The number of halogens is 2. The standard InChI is InChI=1S/C14H19ClIN5O2/c1-3-14(2,22)8-21-11-9(17-13(21)16)10(18-12(15)19-11)20-4-6-23-7-5-20/h22H,3-8H2,1-2H3. The zero-order valence-electron chi connectivity index (χ0n) is 13.1. The Bertz CT molecular complexity index is 715. The van der Waals surface area contributed by atoms with Gasteiger partial charge in [-0.25, -0.2) is 4.98 Å². The van der Waals surface area contributed by atoms with Crippen molar-refractivity contribution in [2.24, 2.45) is 0 Å². The van der Waals surface area contributed by atoms with E-state index in [9.17, 15) is 5.11 Å². The molecule has 0 bridgehead atoms. The molecule has 0 spiro atoms. The zero-order valence-corrected chi connectivity index (χ0v) is 16.0. The van der Waals surface area contributed by atoms with Crippen LogP contribution in [0.25, 0.3) is 11.2 Å². The van der Waals surface area contributed by atoms with E-state index >= 15 is 0 Å². The number of anilines is 1. The molecule has 7 nitrogen and oxygen atoms in total. The summed E-state index contributed by atoms with van der Waals surface area (Å²) in [6.45, 7) is 6.98. The number of ether oxygens (including phenoxy) is 1. The highest BCUT2D eigenvalue weighted by Crippen LogP contribution is 2.28. The van der Waals surface area contributed by atoms with Crippen LogP contribution in [0.2, 0.25) is 5.28 Å². The summed E-state index contributed by atoms with van der Waals surface area (Å²) in [5.41, 5.74) is 0.543. The smallest absolute Gasteiger partial charge is 0.226 e. The van der Waals surface area contributed by atoms with Crippen LogP contribution in [-0.4, -0.2) is 56.5 Å². The van der Waals surface area contributed by atoms with Crippen molar-refractivity contribution in [2.45, 2.75) is 32.4 Å². The van der Waals surface area contributed by atoms with E-state index in [1.165, 1.54) is 0 Å². The second kappa shape index (κ2) is 6.66. The molecule has 0 radical (unpaired) electrons. The lowest BCUT2D eigenvalue weighted by atomic mass is 10.0. The Hall–Kier alpha value is -0.710. The maximum absolute atomic E-state index is 10.4. The predicted octanol–water partition coefficient (Wildman–Crippen LogP) is 2.08. The molecule has 1 N–H and O–H groups in total. The first-order chi connectivity index (χ1) is 10.9. The van der Waals surface area contributed by atoms with E-state index in [0.717, 1.165) is 22.7 Å². The first kappa shape index (κ1) is 17.1. The van der Waals surface area contributed by atoms with Gasteiger partial charge in [0.2, 0.25) is 5.28 Å². The number of morpholine rings is 1. The highest BCUT2D eigenvalue weighted by molar-refractivity contribution is 14.1. The van der Waals surface area contributed by atoms with Crippen molar-refractivity contribution in [3.63, 3.8) is 0 Å². The first-order valence-corrected chi connectivity index (χ1v) is 9.01. The number of aromatic nitrogens is 4. The Morgan fingerprint density at radius 1 is 1.30 bits per heavy atom. The summed E-state index contributed by atoms with van der Waals surface area (Å²) in [4.78, 5) is 15.5. The molecule has 1 saturated heterocycles. The Kier molecular flexibility index (Phi) is 4.96. The van der Waals surface area contributed by atoms with Crippen LogP contribution in [0.1, 0.15) is 20.3 Å². The zero-order chi connectivity index (χ0) is 16.6. The molecular weight excluding hydrogens is 433 g/mol. The van der Waals surface area contributed by atoms with Crippen molar-refractivity contribution in [2.75, 3.05) is 31.2 Å². The van der Waals surface area contributed by atoms with E-state index in [1.54, 1.807) is 6.92 Å². The molecule has 23 heavy (non-hydrogen) atoms. The maximum Gasteiger partial charge on any atom is 0.226 e. The van der Waals surface area contributed by atoms with Gasteiger partial charge in [0.1, 0.15) is 0 Å². The molecule has 9 heteroatoms. The van der Waals surface area contributed by atoms with Crippen molar-refractivity contribution in [3.05, 3.63) is 9.11 Å². The van der Waals surface area contributed by atoms with Crippen LogP contribution in [-0.2, 0) is 11.3 Å². The molecule has 1 fully saturated rings. The Morgan fingerprint density at radius 2 is 2.00 bits per heavy atom. The number of fused-ring (bicyclic) bond motifs is 1. The molecule has 2 aromatic heterocycles. The lowest BCUT2D eigenvalue weighted by molar-refractivity contribution is 0.0382. The summed E-state index contributed by atoms with van der Waals surface area (Å²) in [6.07, 6.45) is 0.637. The monoisotopic (exact) mass is 451 g/mol. The van der Waals surface area contributed by atoms with Crippen LogP contribution >= 0.6 is 34.2 Å². The number of hydrogen-bond acceptors (Lipinski definition) is 6. The van der Waals surface area contributed by atoms with Crippen LogP contribution in [0.3, 0.4) is 0 Å². The average molecular weight is 452 g/mol. The minimum absolute atomic E-state index is 0.188. The molecule has 1 atom stereocenters. The maximum atomic E-state index is 10.4. The fourth-order valence-electron chi connectivity index (χ4n) is 2.52. The van der Waals surface area contributed by atoms with E-state index in [-0.39, 0.29) is 5.28 Å². The van der Waals surface area contributed by atoms with Crippen LogP contribution in [0.15, 0.2) is 0 Å². The van der Waals surface area contributed by atoms with E-state index in [4.69, 9.17) is 16.3 Å². The van der Waals surface area contributed by atoms with E-state index in [0.29, 0.717) is 37.3 Å². The molecule has 0 aromatic carbocycles. The van der Waals surface area contributed by atoms with Crippen LogP contribution < -0.4 is 4.90 Å². The highest BCUT2D eigenvalue weighted by Gasteiger charge is 2.25. The molecule has 3 heterocycles. The van der Waals surface area contributed by atoms with E-state index in [1.807, 2.05) is 11.5 Å². The Morgan fingerprint density at radius 3 is 2.65 bits per heavy atom. The lowest BCUT2D eigenvalue weighted by Crippen LogP contribution is -2.37. The SMILES string of the molecule is CCC(C)(O)Cn1c(I)nc2c(N3CCOCC3)nc(Cl)nc21. The summed E-state index contributed by atoms with van der Waals surface area (Å²) in [5, 5.41) is 10.6. The van der Waals surface area contributed by atoms with Gasteiger partial charge in [0.25, 0.3) is 0 Å².